The highest BCUT2D eigenvalue weighted by atomic mass is 16.3. The fourth-order valence-corrected chi connectivity index (χ4v) is 2.45. The second-order valence-electron chi connectivity index (χ2n) is 5.45. The van der Waals surface area contributed by atoms with Crippen molar-refractivity contribution in [3.63, 3.8) is 0 Å². The number of hydrogen-bond acceptors (Lipinski definition) is 3. The smallest absolute Gasteiger partial charge is 0.224 e. The van der Waals surface area contributed by atoms with Gasteiger partial charge in [-0.25, -0.2) is 4.98 Å². The van der Waals surface area contributed by atoms with Crippen LogP contribution in [-0.2, 0) is 11.2 Å². The lowest BCUT2D eigenvalue weighted by Crippen LogP contribution is -2.12. The first kappa shape index (κ1) is 14.3. The molecule has 0 saturated heterocycles. The van der Waals surface area contributed by atoms with Crippen LogP contribution in [0.5, 0.6) is 0 Å². The van der Waals surface area contributed by atoms with Crippen molar-refractivity contribution in [3.05, 3.63) is 59.5 Å². The van der Waals surface area contributed by atoms with Gasteiger partial charge in [-0.15, -0.1) is 0 Å². The third kappa shape index (κ3) is 3.34. The minimum atomic E-state index is 0.0158. The number of anilines is 1. The van der Waals surface area contributed by atoms with E-state index in [-0.39, 0.29) is 5.91 Å². The van der Waals surface area contributed by atoms with Gasteiger partial charge in [-0.3, -0.25) is 4.79 Å². The number of fused-ring (bicyclic) bond motifs is 1. The monoisotopic (exact) mass is 294 g/mol. The third-order valence-electron chi connectivity index (χ3n) is 3.50. The minimum absolute atomic E-state index is 0.0158. The van der Waals surface area contributed by atoms with E-state index in [9.17, 15) is 4.79 Å². The van der Waals surface area contributed by atoms with Crippen molar-refractivity contribution in [1.29, 1.82) is 0 Å². The van der Waals surface area contributed by atoms with Gasteiger partial charge in [0.1, 0.15) is 5.52 Å². The van der Waals surface area contributed by atoms with Crippen molar-refractivity contribution >= 4 is 22.7 Å². The minimum Gasteiger partial charge on any atom is -0.441 e. The van der Waals surface area contributed by atoms with Gasteiger partial charge in [-0.2, -0.15) is 0 Å². The molecule has 1 aromatic heterocycles. The molecule has 0 aliphatic carbocycles. The van der Waals surface area contributed by atoms with Crippen LogP contribution in [0.25, 0.3) is 11.1 Å². The zero-order valence-electron chi connectivity index (χ0n) is 12.7. The van der Waals surface area contributed by atoms with Crippen LogP contribution in [-0.4, -0.2) is 10.9 Å². The molecule has 0 unspecified atom stereocenters. The second kappa shape index (κ2) is 6.02. The largest absolute Gasteiger partial charge is 0.441 e. The molecular formula is C18H18N2O2. The van der Waals surface area contributed by atoms with Crippen LogP contribution in [0, 0.1) is 13.8 Å². The van der Waals surface area contributed by atoms with E-state index in [4.69, 9.17) is 4.42 Å². The molecule has 3 aromatic rings. The number of nitrogens with one attached hydrogen (secondary N) is 1. The molecule has 22 heavy (non-hydrogen) atoms. The van der Waals surface area contributed by atoms with Crippen molar-refractivity contribution in [2.45, 2.75) is 26.7 Å². The SMILES string of the molecule is Cc1cccc(NC(=O)CCc2ccc3oc(C)nc3c2)c1. The van der Waals surface area contributed by atoms with E-state index in [1.165, 1.54) is 0 Å². The Kier molecular flexibility index (Phi) is 3.92. The molecule has 0 saturated carbocycles. The zero-order valence-corrected chi connectivity index (χ0v) is 12.7. The first-order valence-corrected chi connectivity index (χ1v) is 7.33. The van der Waals surface area contributed by atoms with Crippen molar-refractivity contribution < 1.29 is 9.21 Å². The molecule has 0 aliphatic rings. The summed E-state index contributed by atoms with van der Waals surface area (Å²) in [4.78, 5) is 16.3. The molecule has 0 radical (unpaired) electrons. The number of aryl methyl sites for hydroxylation is 3. The Hall–Kier alpha value is -2.62. The van der Waals surface area contributed by atoms with Crippen LogP contribution in [0.1, 0.15) is 23.4 Å². The fourth-order valence-electron chi connectivity index (χ4n) is 2.45. The van der Waals surface area contributed by atoms with Gasteiger partial charge in [-0.05, 0) is 48.7 Å². The van der Waals surface area contributed by atoms with E-state index in [0.29, 0.717) is 18.7 Å². The van der Waals surface area contributed by atoms with Crippen molar-refractivity contribution in [1.82, 2.24) is 4.98 Å². The number of carbonyl (C=O) groups excluding carboxylic acids is 1. The topological polar surface area (TPSA) is 55.1 Å². The number of aromatic nitrogens is 1. The molecule has 112 valence electrons. The van der Waals surface area contributed by atoms with Gasteiger partial charge in [-0.1, -0.05) is 18.2 Å². The van der Waals surface area contributed by atoms with Gasteiger partial charge in [0.25, 0.3) is 0 Å². The molecule has 1 heterocycles. The molecule has 4 heteroatoms. The quantitative estimate of drug-likeness (QED) is 0.790. The summed E-state index contributed by atoms with van der Waals surface area (Å²) in [5.74, 6) is 0.673. The summed E-state index contributed by atoms with van der Waals surface area (Å²) in [5, 5.41) is 2.92. The lowest BCUT2D eigenvalue weighted by molar-refractivity contribution is -0.116. The molecular weight excluding hydrogens is 276 g/mol. The molecule has 3 rings (SSSR count). The summed E-state index contributed by atoms with van der Waals surface area (Å²) >= 11 is 0. The predicted octanol–water partition coefficient (Wildman–Crippen LogP) is 4.02. The summed E-state index contributed by atoms with van der Waals surface area (Å²) in [5.41, 5.74) is 4.68. The van der Waals surface area contributed by atoms with Gasteiger partial charge in [0.05, 0.1) is 0 Å². The van der Waals surface area contributed by atoms with Crippen LogP contribution >= 0.6 is 0 Å². The van der Waals surface area contributed by atoms with E-state index >= 15 is 0 Å². The van der Waals surface area contributed by atoms with Gasteiger partial charge in [0, 0.05) is 19.0 Å². The molecule has 0 aliphatic heterocycles. The molecule has 0 fully saturated rings. The van der Waals surface area contributed by atoms with Crippen LogP contribution in [0.2, 0.25) is 0 Å². The number of carbonyl (C=O) groups is 1. The normalized spacial score (nSPS) is 10.8. The Balaban J connectivity index is 1.62. The van der Waals surface area contributed by atoms with E-state index < -0.39 is 0 Å². The third-order valence-corrected chi connectivity index (χ3v) is 3.50. The Morgan fingerprint density at radius 2 is 2.05 bits per heavy atom. The average Bonchev–Trinajstić information content (AvgIpc) is 2.84. The van der Waals surface area contributed by atoms with E-state index in [1.807, 2.05) is 56.3 Å². The summed E-state index contributed by atoms with van der Waals surface area (Å²) in [6.07, 6.45) is 1.12. The maximum atomic E-state index is 12.0. The Bertz CT molecular complexity index is 821. The van der Waals surface area contributed by atoms with Crippen LogP contribution in [0.15, 0.2) is 46.9 Å². The predicted molar refractivity (Wildman–Crippen MR) is 86.9 cm³/mol. The van der Waals surface area contributed by atoms with Crippen LogP contribution in [0.3, 0.4) is 0 Å². The number of nitrogens with zero attached hydrogens (tertiary/aromatic N) is 1. The lowest BCUT2D eigenvalue weighted by Gasteiger charge is -2.06. The number of hydrogen-bond donors (Lipinski definition) is 1. The van der Waals surface area contributed by atoms with Gasteiger partial charge in [0.2, 0.25) is 5.91 Å². The average molecular weight is 294 g/mol. The second-order valence-corrected chi connectivity index (χ2v) is 5.45. The molecule has 2 aromatic carbocycles. The molecule has 1 amide bonds. The summed E-state index contributed by atoms with van der Waals surface area (Å²) in [6.45, 7) is 3.83. The Labute approximate surface area is 129 Å². The molecule has 1 N–H and O–H groups in total. The number of benzene rings is 2. The molecule has 0 spiro atoms. The first-order chi connectivity index (χ1) is 10.6. The molecule has 0 bridgehead atoms. The molecule has 0 atom stereocenters. The maximum Gasteiger partial charge on any atom is 0.224 e. The zero-order chi connectivity index (χ0) is 15.5. The van der Waals surface area contributed by atoms with Crippen molar-refractivity contribution in [2.24, 2.45) is 0 Å². The van der Waals surface area contributed by atoms with E-state index in [0.717, 1.165) is 27.9 Å². The number of rotatable bonds is 4. The van der Waals surface area contributed by atoms with Crippen molar-refractivity contribution in [2.75, 3.05) is 5.32 Å². The first-order valence-electron chi connectivity index (χ1n) is 7.33. The van der Waals surface area contributed by atoms with Gasteiger partial charge >= 0.3 is 0 Å². The summed E-state index contributed by atoms with van der Waals surface area (Å²) in [7, 11) is 0. The summed E-state index contributed by atoms with van der Waals surface area (Å²) < 4.78 is 5.45. The Morgan fingerprint density at radius 1 is 1.18 bits per heavy atom. The van der Waals surface area contributed by atoms with E-state index in [1.54, 1.807) is 0 Å². The fraction of sp³-hybridized carbons (Fsp3) is 0.222. The van der Waals surface area contributed by atoms with Gasteiger partial charge in [0.15, 0.2) is 11.5 Å². The summed E-state index contributed by atoms with van der Waals surface area (Å²) in [6, 6.07) is 13.7. The highest BCUT2D eigenvalue weighted by molar-refractivity contribution is 5.91. The highest BCUT2D eigenvalue weighted by Crippen LogP contribution is 2.18. The highest BCUT2D eigenvalue weighted by Gasteiger charge is 2.06. The number of oxazole rings is 1. The Morgan fingerprint density at radius 3 is 2.86 bits per heavy atom. The number of amides is 1. The van der Waals surface area contributed by atoms with Crippen LogP contribution in [0.4, 0.5) is 5.69 Å². The van der Waals surface area contributed by atoms with Crippen LogP contribution < -0.4 is 5.32 Å². The lowest BCUT2D eigenvalue weighted by atomic mass is 10.1. The van der Waals surface area contributed by atoms with E-state index in [2.05, 4.69) is 10.3 Å². The molecule has 4 nitrogen and oxygen atoms in total. The van der Waals surface area contributed by atoms with Crippen molar-refractivity contribution in [3.8, 4) is 0 Å². The maximum absolute atomic E-state index is 12.0. The standard InChI is InChI=1S/C18H18N2O2/c1-12-4-3-5-15(10-12)20-18(21)9-7-14-6-8-17-16(11-14)19-13(2)22-17/h3-6,8,10-11H,7,9H2,1-2H3,(H,20,21). The van der Waals surface area contributed by atoms with Gasteiger partial charge < -0.3 is 9.73 Å².